The van der Waals surface area contributed by atoms with E-state index in [1.165, 1.54) is 0 Å². The Morgan fingerprint density at radius 2 is 2.10 bits per heavy atom. The maximum absolute atomic E-state index is 12.6. The lowest BCUT2D eigenvalue weighted by Crippen LogP contribution is -2.36. The molecule has 0 fully saturated rings. The van der Waals surface area contributed by atoms with Crippen LogP contribution in [0.1, 0.15) is 29.8 Å². The van der Waals surface area contributed by atoms with Gasteiger partial charge in [0.2, 0.25) is 0 Å². The molecule has 1 amide bonds. The molecule has 0 spiro atoms. The Kier molecular flexibility index (Phi) is 7.61. The third-order valence-electron chi connectivity index (χ3n) is 2.98. The van der Waals surface area contributed by atoms with E-state index in [9.17, 15) is 9.00 Å². The molecule has 0 heterocycles. The molecule has 0 aliphatic rings. The second-order valence-corrected chi connectivity index (χ2v) is 6.99. The number of hydrogen-bond donors (Lipinski definition) is 0. The molecular weight excluding hydrogens is 286 g/mol. The Bertz CT molecular complexity index is 488. The van der Waals surface area contributed by atoms with E-state index in [-0.39, 0.29) is 5.91 Å². The summed E-state index contributed by atoms with van der Waals surface area (Å²) in [5, 5.41) is 0. The quantitative estimate of drug-likeness (QED) is 0.740. The van der Waals surface area contributed by atoms with Gasteiger partial charge in [0.1, 0.15) is 0 Å². The van der Waals surface area contributed by atoms with Crippen molar-refractivity contribution in [3.8, 4) is 0 Å². The lowest BCUT2D eigenvalue weighted by molar-refractivity contribution is 0.0672. The first-order chi connectivity index (χ1) is 9.93. The molecule has 1 unspecified atom stereocenters. The first kappa shape index (κ1) is 17.9. The number of nitrogens with zero attached hydrogens (tertiary/aromatic N) is 1. The molecule has 0 aliphatic heterocycles. The molecule has 1 aromatic carbocycles. The number of ether oxygens (including phenoxy) is 1. The fourth-order valence-corrected chi connectivity index (χ4v) is 2.78. The van der Waals surface area contributed by atoms with Gasteiger partial charge in [0.25, 0.3) is 5.91 Å². The van der Waals surface area contributed by atoms with E-state index < -0.39 is 10.8 Å². The van der Waals surface area contributed by atoms with Gasteiger partial charge in [-0.15, -0.1) is 0 Å². The summed E-state index contributed by atoms with van der Waals surface area (Å²) in [5.41, 5.74) is 1.58. The average molecular weight is 311 g/mol. The lowest BCUT2D eigenvalue weighted by Gasteiger charge is -2.24. The van der Waals surface area contributed by atoms with E-state index in [2.05, 4.69) is 13.8 Å². The zero-order valence-electron chi connectivity index (χ0n) is 13.3. The van der Waals surface area contributed by atoms with Crippen LogP contribution in [-0.2, 0) is 21.3 Å². The molecule has 0 aromatic heterocycles. The van der Waals surface area contributed by atoms with Crippen LogP contribution < -0.4 is 0 Å². The van der Waals surface area contributed by atoms with Crippen molar-refractivity contribution in [1.29, 1.82) is 0 Å². The average Bonchev–Trinajstić information content (AvgIpc) is 2.42. The standard InChI is InChI=1S/C16H25NO3S/c1-13(2)11-17(8-9-20-3)16(18)15-7-5-6-14(10-15)12-21(4)19/h5-7,10,13H,8-9,11-12H2,1-4H3. The monoisotopic (exact) mass is 311 g/mol. The van der Waals surface area contributed by atoms with Gasteiger partial charge in [-0.25, -0.2) is 0 Å². The molecular formula is C16H25NO3S. The summed E-state index contributed by atoms with van der Waals surface area (Å²) < 4.78 is 16.4. The van der Waals surface area contributed by atoms with Gasteiger partial charge in [0, 0.05) is 48.6 Å². The van der Waals surface area contributed by atoms with E-state index in [1.54, 1.807) is 13.4 Å². The van der Waals surface area contributed by atoms with Crippen LogP contribution in [0.4, 0.5) is 0 Å². The van der Waals surface area contributed by atoms with Gasteiger partial charge in [0.05, 0.1) is 6.61 Å². The van der Waals surface area contributed by atoms with Crippen LogP contribution in [0, 0.1) is 5.92 Å². The number of carbonyl (C=O) groups excluding carboxylic acids is 1. The van der Waals surface area contributed by atoms with Crippen molar-refractivity contribution in [1.82, 2.24) is 4.90 Å². The highest BCUT2D eigenvalue weighted by molar-refractivity contribution is 7.83. The Morgan fingerprint density at radius 1 is 1.38 bits per heavy atom. The third-order valence-corrected chi connectivity index (χ3v) is 3.72. The van der Waals surface area contributed by atoms with Gasteiger partial charge in [-0.1, -0.05) is 26.0 Å². The predicted octanol–water partition coefficient (Wildman–Crippen LogP) is 2.31. The normalized spacial score (nSPS) is 12.4. The fraction of sp³-hybridized carbons (Fsp3) is 0.562. The highest BCUT2D eigenvalue weighted by Crippen LogP contribution is 2.11. The van der Waals surface area contributed by atoms with Crippen LogP contribution in [0.15, 0.2) is 24.3 Å². The van der Waals surface area contributed by atoms with Gasteiger partial charge < -0.3 is 9.64 Å². The molecule has 0 bridgehead atoms. The SMILES string of the molecule is COCCN(CC(C)C)C(=O)c1cccc(CS(C)=O)c1. The molecule has 0 radical (unpaired) electrons. The Morgan fingerprint density at radius 3 is 2.67 bits per heavy atom. The van der Waals surface area contributed by atoms with Gasteiger partial charge in [-0.05, 0) is 23.6 Å². The maximum Gasteiger partial charge on any atom is 0.253 e. The molecule has 118 valence electrons. The molecule has 21 heavy (non-hydrogen) atoms. The van der Waals surface area contributed by atoms with E-state index in [0.717, 1.165) is 5.56 Å². The van der Waals surface area contributed by atoms with Crippen LogP contribution in [0.3, 0.4) is 0 Å². The summed E-state index contributed by atoms with van der Waals surface area (Å²) in [6.45, 7) is 5.98. The summed E-state index contributed by atoms with van der Waals surface area (Å²) in [4.78, 5) is 14.4. The highest BCUT2D eigenvalue weighted by atomic mass is 32.2. The molecule has 5 heteroatoms. The van der Waals surface area contributed by atoms with Crippen molar-refractivity contribution >= 4 is 16.7 Å². The summed E-state index contributed by atoms with van der Waals surface area (Å²) in [6, 6.07) is 7.40. The highest BCUT2D eigenvalue weighted by Gasteiger charge is 2.17. The Hall–Kier alpha value is -1.20. The minimum atomic E-state index is -0.908. The van der Waals surface area contributed by atoms with Crippen LogP contribution in [0.25, 0.3) is 0 Å². The van der Waals surface area contributed by atoms with Crippen molar-refractivity contribution in [2.75, 3.05) is 33.1 Å². The molecule has 1 aromatic rings. The molecule has 4 nitrogen and oxygen atoms in total. The Labute approximate surface area is 129 Å². The molecule has 1 atom stereocenters. The minimum absolute atomic E-state index is 0.00415. The molecule has 0 N–H and O–H groups in total. The number of benzene rings is 1. The second-order valence-electron chi connectivity index (χ2n) is 5.56. The Balaban J connectivity index is 2.88. The molecule has 0 saturated heterocycles. The zero-order chi connectivity index (χ0) is 15.8. The maximum atomic E-state index is 12.6. The zero-order valence-corrected chi connectivity index (χ0v) is 14.1. The van der Waals surface area contributed by atoms with E-state index in [4.69, 9.17) is 4.74 Å². The summed E-state index contributed by atoms with van der Waals surface area (Å²) in [5.74, 6) is 0.880. The van der Waals surface area contributed by atoms with Crippen molar-refractivity contribution < 1.29 is 13.7 Å². The number of carbonyl (C=O) groups is 1. The van der Waals surface area contributed by atoms with Gasteiger partial charge in [-0.2, -0.15) is 0 Å². The second kappa shape index (κ2) is 8.95. The first-order valence-corrected chi connectivity index (χ1v) is 8.84. The number of amides is 1. The lowest BCUT2D eigenvalue weighted by atomic mass is 10.1. The van der Waals surface area contributed by atoms with E-state index in [0.29, 0.717) is 36.9 Å². The summed E-state index contributed by atoms with van der Waals surface area (Å²) >= 11 is 0. The van der Waals surface area contributed by atoms with Crippen LogP contribution >= 0.6 is 0 Å². The van der Waals surface area contributed by atoms with Gasteiger partial charge in [0.15, 0.2) is 0 Å². The van der Waals surface area contributed by atoms with Gasteiger partial charge in [-0.3, -0.25) is 9.00 Å². The largest absolute Gasteiger partial charge is 0.383 e. The van der Waals surface area contributed by atoms with E-state index in [1.807, 2.05) is 29.2 Å². The number of rotatable bonds is 8. The molecule has 1 rings (SSSR count). The fourth-order valence-electron chi connectivity index (χ4n) is 2.13. The van der Waals surface area contributed by atoms with Crippen LogP contribution in [-0.4, -0.2) is 48.1 Å². The molecule has 0 saturated carbocycles. The number of methoxy groups -OCH3 is 1. The van der Waals surface area contributed by atoms with Crippen molar-refractivity contribution in [2.45, 2.75) is 19.6 Å². The van der Waals surface area contributed by atoms with Crippen molar-refractivity contribution in [3.63, 3.8) is 0 Å². The summed E-state index contributed by atoms with van der Waals surface area (Å²) in [7, 11) is 0.727. The minimum Gasteiger partial charge on any atom is -0.383 e. The summed E-state index contributed by atoms with van der Waals surface area (Å²) in [6.07, 6.45) is 1.66. The van der Waals surface area contributed by atoms with E-state index >= 15 is 0 Å². The van der Waals surface area contributed by atoms with Crippen molar-refractivity contribution in [2.24, 2.45) is 5.92 Å². The first-order valence-electron chi connectivity index (χ1n) is 7.11. The van der Waals surface area contributed by atoms with Crippen LogP contribution in [0.5, 0.6) is 0 Å². The van der Waals surface area contributed by atoms with Crippen LogP contribution in [0.2, 0.25) is 0 Å². The number of hydrogen-bond acceptors (Lipinski definition) is 3. The predicted molar refractivity (Wildman–Crippen MR) is 86.8 cm³/mol. The van der Waals surface area contributed by atoms with Gasteiger partial charge >= 0.3 is 0 Å². The smallest absolute Gasteiger partial charge is 0.253 e. The topological polar surface area (TPSA) is 46.6 Å². The molecule has 0 aliphatic carbocycles. The third kappa shape index (κ3) is 6.40. The van der Waals surface area contributed by atoms with Crippen molar-refractivity contribution in [3.05, 3.63) is 35.4 Å².